The Kier molecular flexibility index (Phi) is 5.58. The second-order valence-electron chi connectivity index (χ2n) is 5.15. The molecule has 0 spiro atoms. The highest BCUT2D eigenvalue weighted by atomic mass is 15.2. The Hall–Kier alpha value is -0.120. The molecular weight excluding hydrogens is 186 g/mol. The molecule has 1 saturated heterocycles. The summed E-state index contributed by atoms with van der Waals surface area (Å²) in [5.74, 6) is 0. The molecule has 0 amide bonds. The van der Waals surface area contributed by atoms with Crippen LogP contribution in [-0.2, 0) is 0 Å². The van der Waals surface area contributed by atoms with Crippen LogP contribution in [0, 0.1) is 0 Å². The van der Waals surface area contributed by atoms with E-state index in [2.05, 4.69) is 43.1 Å². The van der Waals surface area contributed by atoms with E-state index >= 15 is 0 Å². The molecular formula is C12H27N3. The fourth-order valence-electron chi connectivity index (χ4n) is 2.21. The number of likely N-dealkylation sites (N-methyl/N-ethyl adjacent to an activating group) is 2. The van der Waals surface area contributed by atoms with E-state index in [0.717, 1.165) is 19.1 Å². The lowest BCUT2D eigenvalue weighted by molar-refractivity contribution is 0.219. The molecule has 0 saturated carbocycles. The molecule has 90 valence electrons. The van der Waals surface area contributed by atoms with Gasteiger partial charge < -0.3 is 15.1 Å². The number of nitrogens with one attached hydrogen (secondary N) is 1. The van der Waals surface area contributed by atoms with Crippen LogP contribution >= 0.6 is 0 Å². The average Bonchev–Trinajstić information content (AvgIpc) is 2.51. The SMILES string of the molecule is CC(C)NCCN(C)CC1CCCN1C. The maximum Gasteiger partial charge on any atom is 0.0220 e. The first-order valence-electron chi connectivity index (χ1n) is 6.21. The fraction of sp³-hybridized carbons (Fsp3) is 1.00. The zero-order valence-corrected chi connectivity index (χ0v) is 10.8. The minimum Gasteiger partial charge on any atom is -0.313 e. The van der Waals surface area contributed by atoms with Crippen molar-refractivity contribution in [2.24, 2.45) is 0 Å². The molecule has 1 atom stereocenters. The molecule has 1 fully saturated rings. The van der Waals surface area contributed by atoms with Gasteiger partial charge in [0.1, 0.15) is 0 Å². The Balaban J connectivity index is 2.09. The minimum atomic E-state index is 0.604. The zero-order chi connectivity index (χ0) is 11.3. The van der Waals surface area contributed by atoms with Crippen LogP contribution in [0.25, 0.3) is 0 Å². The van der Waals surface area contributed by atoms with E-state index in [1.54, 1.807) is 0 Å². The van der Waals surface area contributed by atoms with Gasteiger partial charge in [-0.2, -0.15) is 0 Å². The van der Waals surface area contributed by atoms with Crippen molar-refractivity contribution in [3.05, 3.63) is 0 Å². The number of likely N-dealkylation sites (tertiary alicyclic amines) is 1. The van der Waals surface area contributed by atoms with Gasteiger partial charge in [-0.3, -0.25) is 0 Å². The van der Waals surface area contributed by atoms with E-state index in [1.807, 2.05) is 0 Å². The van der Waals surface area contributed by atoms with Crippen molar-refractivity contribution in [1.82, 2.24) is 15.1 Å². The van der Waals surface area contributed by atoms with Gasteiger partial charge in [0.15, 0.2) is 0 Å². The molecule has 3 heteroatoms. The van der Waals surface area contributed by atoms with Crippen LogP contribution in [0.1, 0.15) is 26.7 Å². The first kappa shape index (κ1) is 12.9. The molecule has 0 aromatic heterocycles. The van der Waals surface area contributed by atoms with Crippen LogP contribution in [-0.4, -0.2) is 62.2 Å². The predicted octanol–water partition coefficient (Wildman–Crippen LogP) is 1.01. The lowest BCUT2D eigenvalue weighted by atomic mass is 10.2. The summed E-state index contributed by atoms with van der Waals surface area (Å²) in [6.07, 6.45) is 2.75. The fourth-order valence-corrected chi connectivity index (χ4v) is 2.21. The van der Waals surface area contributed by atoms with E-state index in [-0.39, 0.29) is 0 Å². The van der Waals surface area contributed by atoms with E-state index in [9.17, 15) is 0 Å². The smallest absolute Gasteiger partial charge is 0.0220 e. The summed E-state index contributed by atoms with van der Waals surface area (Å²) in [6, 6.07) is 1.39. The summed E-state index contributed by atoms with van der Waals surface area (Å²) in [7, 11) is 4.48. The first-order valence-corrected chi connectivity index (χ1v) is 6.21. The van der Waals surface area contributed by atoms with Gasteiger partial charge in [0.05, 0.1) is 0 Å². The largest absolute Gasteiger partial charge is 0.313 e. The van der Waals surface area contributed by atoms with Crippen LogP contribution < -0.4 is 5.32 Å². The number of rotatable bonds is 6. The van der Waals surface area contributed by atoms with Gasteiger partial charge >= 0.3 is 0 Å². The van der Waals surface area contributed by atoms with Crippen LogP contribution in [0.2, 0.25) is 0 Å². The van der Waals surface area contributed by atoms with Crippen molar-refractivity contribution in [2.75, 3.05) is 40.3 Å². The van der Waals surface area contributed by atoms with Gasteiger partial charge in [-0.25, -0.2) is 0 Å². The standard InChI is InChI=1S/C12H27N3/c1-11(2)13-7-9-14(3)10-12-6-5-8-15(12)4/h11-13H,5-10H2,1-4H3. The second-order valence-corrected chi connectivity index (χ2v) is 5.15. The van der Waals surface area contributed by atoms with E-state index in [0.29, 0.717) is 6.04 Å². The monoisotopic (exact) mass is 213 g/mol. The van der Waals surface area contributed by atoms with Gasteiger partial charge in [-0.05, 0) is 33.5 Å². The van der Waals surface area contributed by atoms with Crippen LogP contribution in [0.15, 0.2) is 0 Å². The van der Waals surface area contributed by atoms with Crippen molar-refractivity contribution >= 4 is 0 Å². The molecule has 0 radical (unpaired) electrons. The van der Waals surface area contributed by atoms with Crippen LogP contribution in [0.3, 0.4) is 0 Å². The third kappa shape index (κ3) is 4.96. The molecule has 3 nitrogen and oxygen atoms in total. The summed E-state index contributed by atoms with van der Waals surface area (Å²) in [6.45, 7) is 9.15. The van der Waals surface area contributed by atoms with E-state index < -0.39 is 0 Å². The lowest BCUT2D eigenvalue weighted by Gasteiger charge is -2.26. The van der Waals surface area contributed by atoms with Gasteiger partial charge in [0.25, 0.3) is 0 Å². The maximum atomic E-state index is 3.46. The summed E-state index contributed by atoms with van der Waals surface area (Å²) in [4.78, 5) is 4.94. The number of nitrogens with zero attached hydrogens (tertiary/aromatic N) is 2. The molecule has 0 aromatic rings. The van der Waals surface area contributed by atoms with Crippen molar-refractivity contribution < 1.29 is 0 Å². The molecule has 15 heavy (non-hydrogen) atoms. The zero-order valence-electron chi connectivity index (χ0n) is 10.8. The Morgan fingerprint density at radius 3 is 2.73 bits per heavy atom. The number of hydrogen-bond donors (Lipinski definition) is 1. The number of hydrogen-bond acceptors (Lipinski definition) is 3. The molecule has 1 unspecified atom stereocenters. The lowest BCUT2D eigenvalue weighted by Crippen LogP contribution is -2.40. The summed E-state index contributed by atoms with van der Waals surface area (Å²) in [5.41, 5.74) is 0. The molecule has 1 aliphatic heterocycles. The van der Waals surface area contributed by atoms with Crippen molar-refractivity contribution in [2.45, 2.75) is 38.8 Å². The highest BCUT2D eigenvalue weighted by Gasteiger charge is 2.21. The van der Waals surface area contributed by atoms with Crippen molar-refractivity contribution in [3.8, 4) is 0 Å². The van der Waals surface area contributed by atoms with Crippen LogP contribution in [0.5, 0.6) is 0 Å². The first-order chi connectivity index (χ1) is 7.09. The van der Waals surface area contributed by atoms with Crippen LogP contribution in [0.4, 0.5) is 0 Å². The van der Waals surface area contributed by atoms with Gasteiger partial charge in [0, 0.05) is 31.7 Å². The predicted molar refractivity (Wildman–Crippen MR) is 66.3 cm³/mol. The second kappa shape index (κ2) is 6.46. The molecule has 1 N–H and O–H groups in total. The highest BCUT2D eigenvalue weighted by Crippen LogP contribution is 2.14. The average molecular weight is 213 g/mol. The Labute approximate surface area is 94.8 Å². The Bertz CT molecular complexity index is 170. The quantitative estimate of drug-likeness (QED) is 0.710. The Morgan fingerprint density at radius 1 is 1.47 bits per heavy atom. The maximum absolute atomic E-state index is 3.46. The van der Waals surface area contributed by atoms with E-state index in [4.69, 9.17) is 0 Å². The van der Waals surface area contributed by atoms with Crippen molar-refractivity contribution in [3.63, 3.8) is 0 Å². The van der Waals surface area contributed by atoms with Crippen molar-refractivity contribution in [1.29, 1.82) is 0 Å². The minimum absolute atomic E-state index is 0.604. The molecule has 0 aliphatic carbocycles. The molecule has 0 bridgehead atoms. The van der Waals surface area contributed by atoms with Gasteiger partial charge in [-0.1, -0.05) is 13.8 Å². The Morgan fingerprint density at radius 2 is 2.20 bits per heavy atom. The molecule has 1 rings (SSSR count). The summed E-state index contributed by atoms with van der Waals surface area (Å²) < 4.78 is 0. The van der Waals surface area contributed by atoms with Gasteiger partial charge in [0.2, 0.25) is 0 Å². The molecule has 1 aliphatic rings. The third-order valence-electron chi connectivity index (χ3n) is 3.24. The van der Waals surface area contributed by atoms with Gasteiger partial charge in [-0.15, -0.1) is 0 Å². The molecule has 0 aromatic carbocycles. The topological polar surface area (TPSA) is 18.5 Å². The van der Waals surface area contributed by atoms with E-state index in [1.165, 1.54) is 25.9 Å². The highest BCUT2D eigenvalue weighted by molar-refractivity contribution is 4.78. The summed E-state index contributed by atoms with van der Waals surface area (Å²) in [5, 5.41) is 3.46. The third-order valence-corrected chi connectivity index (χ3v) is 3.24. The summed E-state index contributed by atoms with van der Waals surface area (Å²) >= 11 is 0. The molecule has 1 heterocycles. The normalized spacial score (nSPS) is 23.2.